The summed E-state index contributed by atoms with van der Waals surface area (Å²) in [4.78, 5) is 10.5. The Morgan fingerprint density at radius 1 is 1.64 bits per heavy atom. The second-order valence-electron chi connectivity index (χ2n) is 2.94. The quantitative estimate of drug-likeness (QED) is 0.782. The molecule has 1 rings (SSSR count). The number of rotatable bonds is 5. The van der Waals surface area contributed by atoms with Crippen molar-refractivity contribution in [3.05, 3.63) is 23.7 Å². The highest BCUT2D eigenvalue weighted by atomic mass is 32.2. The lowest BCUT2D eigenvalue weighted by Gasteiger charge is -2.01. The summed E-state index contributed by atoms with van der Waals surface area (Å²) in [6.45, 7) is 1.71. The highest BCUT2D eigenvalue weighted by Crippen LogP contribution is 2.16. The Morgan fingerprint density at radius 2 is 2.36 bits per heavy atom. The van der Waals surface area contributed by atoms with Crippen LogP contribution in [0.3, 0.4) is 0 Å². The van der Waals surface area contributed by atoms with E-state index in [4.69, 9.17) is 14.6 Å². The second kappa shape index (κ2) is 5.07. The Morgan fingerprint density at radius 3 is 2.86 bits per heavy atom. The van der Waals surface area contributed by atoms with Gasteiger partial charge in [-0.3, -0.25) is 0 Å². The molecule has 0 bridgehead atoms. The molecule has 0 saturated heterocycles. The van der Waals surface area contributed by atoms with E-state index < -0.39 is 5.97 Å². The van der Waals surface area contributed by atoms with Crippen molar-refractivity contribution in [1.29, 1.82) is 0 Å². The molecule has 0 aliphatic rings. The van der Waals surface area contributed by atoms with Crippen molar-refractivity contribution in [3.8, 4) is 0 Å². The third kappa shape index (κ3) is 3.43. The molecule has 2 N–H and O–H groups in total. The fourth-order valence-corrected chi connectivity index (χ4v) is 1.72. The number of aliphatic hydroxyl groups excluding tert-OH is 1. The normalized spacial score (nSPS) is 12.7. The standard InChI is InChI=1S/C9H12O4S/c1-6(10)4-14-5-7-2-3-8(13-7)9(11)12/h2-3,6,10H,4-5H2,1H3,(H,11,12). The molecule has 5 heteroatoms. The molecule has 0 amide bonds. The van der Waals surface area contributed by atoms with Crippen molar-refractivity contribution >= 4 is 17.7 Å². The molecule has 0 aliphatic heterocycles. The van der Waals surface area contributed by atoms with Gasteiger partial charge in [0, 0.05) is 5.75 Å². The smallest absolute Gasteiger partial charge is 0.371 e. The first-order valence-corrected chi connectivity index (χ1v) is 5.33. The number of hydrogen-bond acceptors (Lipinski definition) is 4. The number of carbonyl (C=O) groups is 1. The fourth-order valence-electron chi connectivity index (χ4n) is 0.901. The molecule has 14 heavy (non-hydrogen) atoms. The highest BCUT2D eigenvalue weighted by molar-refractivity contribution is 7.98. The van der Waals surface area contributed by atoms with Crippen molar-refractivity contribution in [2.24, 2.45) is 0 Å². The molecule has 1 atom stereocenters. The predicted octanol–water partition coefficient (Wildman–Crippen LogP) is 1.59. The lowest BCUT2D eigenvalue weighted by Crippen LogP contribution is -2.02. The summed E-state index contributed by atoms with van der Waals surface area (Å²) in [5.74, 6) is 0.712. The molecule has 1 aromatic rings. The van der Waals surface area contributed by atoms with Crippen LogP contribution in [0.4, 0.5) is 0 Å². The van der Waals surface area contributed by atoms with Crippen molar-refractivity contribution in [2.45, 2.75) is 18.8 Å². The molecule has 0 fully saturated rings. The first-order valence-electron chi connectivity index (χ1n) is 4.17. The van der Waals surface area contributed by atoms with Gasteiger partial charge in [-0.2, -0.15) is 11.8 Å². The minimum absolute atomic E-state index is 0.0438. The fraction of sp³-hybridized carbons (Fsp3) is 0.444. The number of furan rings is 1. The van der Waals surface area contributed by atoms with Gasteiger partial charge in [0.2, 0.25) is 5.76 Å². The Bertz CT molecular complexity index is 306. The second-order valence-corrected chi connectivity index (χ2v) is 3.97. The van der Waals surface area contributed by atoms with Crippen LogP contribution in [0.2, 0.25) is 0 Å². The van der Waals surface area contributed by atoms with E-state index >= 15 is 0 Å². The van der Waals surface area contributed by atoms with Gasteiger partial charge >= 0.3 is 5.97 Å². The lowest BCUT2D eigenvalue weighted by molar-refractivity contribution is 0.0661. The summed E-state index contributed by atoms with van der Waals surface area (Å²) in [7, 11) is 0. The van der Waals surface area contributed by atoms with Crippen molar-refractivity contribution in [3.63, 3.8) is 0 Å². The molecule has 1 aromatic heterocycles. The van der Waals surface area contributed by atoms with Crippen LogP contribution in [0.25, 0.3) is 0 Å². The zero-order valence-corrected chi connectivity index (χ0v) is 8.58. The van der Waals surface area contributed by atoms with Crippen LogP contribution in [0.1, 0.15) is 23.2 Å². The van der Waals surface area contributed by atoms with Crippen molar-refractivity contribution in [2.75, 3.05) is 5.75 Å². The van der Waals surface area contributed by atoms with E-state index in [-0.39, 0.29) is 11.9 Å². The Kier molecular flexibility index (Phi) is 4.03. The minimum atomic E-state index is -1.06. The molecule has 0 spiro atoms. The number of aromatic carboxylic acids is 1. The maximum Gasteiger partial charge on any atom is 0.371 e. The SMILES string of the molecule is CC(O)CSCc1ccc(C(=O)O)o1. The number of carboxylic acid groups (broad SMARTS) is 1. The molecule has 1 heterocycles. The van der Waals surface area contributed by atoms with Crippen LogP contribution in [-0.4, -0.2) is 28.0 Å². The van der Waals surface area contributed by atoms with Gasteiger partial charge in [-0.15, -0.1) is 0 Å². The largest absolute Gasteiger partial charge is 0.475 e. The Hall–Kier alpha value is -0.940. The van der Waals surface area contributed by atoms with Crippen LogP contribution in [0.5, 0.6) is 0 Å². The van der Waals surface area contributed by atoms with Crippen LogP contribution in [0, 0.1) is 0 Å². The van der Waals surface area contributed by atoms with Gasteiger partial charge in [-0.05, 0) is 19.1 Å². The molecule has 1 unspecified atom stereocenters. The molecule has 0 saturated carbocycles. The predicted molar refractivity (Wildman–Crippen MR) is 53.5 cm³/mol. The van der Waals surface area contributed by atoms with Crippen molar-refractivity contribution < 1.29 is 19.4 Å². The first kappa shape index (κ1) is 11.1. The van der Waals surface area contributed by atoms with E-state index in [1.165, 1.54) is 17.8 Å². The maximum atomic E-state index is 10.5. The summed E-state index contributed by atoms with van der Waals surface area (Å²) in [6.07, 6.45) is -0.353. The molecule has 4 nitrogen and oxygen atoms in total. The Balaban J connectivity index is 2.40. The number of aliphatic hydroxyl groups is 1. The summed E-state index contributed by atoms with van der Waals surface area (Å²) in [5, 5.41) is 17.5. The zero-order valence-electron chi connectivity index (χ0n) is 7.77. The number of thioether (sulfide) groups is 1. The van der Waals surface area contributed by atoms with Crippen molar-refractivity contribution in [1.82, 2.24) is 0 Å². The maximum absolute atomic E-state index is 10.5. The molecular weight excluding hydrogens is 204 g/mol. The van der Waals surface area contributed by atoms with E-state index in [1.54, 1.807) is 13.0 Å². The van der Waals surface area contributed by atoms with Gasteiger partial charge in [-0.25, -0.2) is 4.79 Å². The van der Waals surface area contributed by atoms with E-state index in [9.17, 15) is 4.79 Å². The summed E-state index contributed by atoms with van der Waals surface area (Å²) in [6, 6.07) is 3.07. The van der Waals surface area contributed by atoms with Gasteiger partial charge in [0.1, 0.15) is 5.76 Å². The molecule has 0 aliphatic carbocycles. The van der Waals surface area contributed by atoms with E-state index in [0.29, 0.717) is 17.3 Å². The number of hydrogen-bond donors (Lipinski definition) is 2. The zero-order chi connectivity index (χ0) is 10.6. The van der Waals surface area contributed by atoms with Gasteiger partial charge in [0.15, 0.2) is 0 Å². The van der Waals surface area contributed by atoms with Crippen LogP contribution < -0.4 is 0 Å². The van der Waals surface area contributed by atoms with E-state index in [2.05, 4.69) is 0 Å². The molecule has 78 valence electrons. The topological polar surface area (TPSA) is 70.7 Å². The van der Waals surface area contributed by atoms with Gasteiger partial charge < -0.3 is 14.6 Å². The highest BCUT2D eigenvalue weighted by Gasteiger charge is 2.08. The molecular formula is C9H12O4S. The third-order valence-corrected chi connectivity index (χ3v) is 2.68. The Labute approximate surface area is 85.9 Å². The average Bonchev–Trinajstić information content (AvgIpc) is 2.52. The van der Waals surface area contributed by atoms with Crippen LogP contribution in [0.15, 0.2) is 16.5 Å². The van der Waals surface area contributed by atoms with Gasteiger partial charge in [0.05, 0.1) is 11.9 Å². The van der Waals surface area contributed by atoms with E-state index in [1.807, 2.05) is 0 Å². The van der Waals surface area contributed by atoms with Gasteiger partial charge in [-0.1, -0.05) is 0 Å². The number of carboxylic acids is 1. The van der Waals surface area contributed by atoms with E-state index in [0.717, 1.165) is 0 Å². The van der Waals surface area contributed by atoms with Crippen LogP contribution >= 0.6 is 11.8 Å². The molecule has 0 radical (unpaired) electrons. The van der Waals surface area contributed by atoms with Crippen LogP contribution in [-0.2, 0) is 5.75 Å². The lowest BCUT2D eigenvalue weighted by atomic mass is 10.4. The monoisotopic (exact) mass is 216 g/mol. The summed E-state index contributed by atoms with van der Waals surface area (Å²) in [5.41, 5.74) is 0. The summed E-state index contributed by atoms with van der Waals surface area (Å²) >= 11 is 1.50. The third-order valence-electron chi connectivity index (χ3n) is 1.48. The van der Waals surface area contributed by atoms with Gasteiger partial charge in [0.25, 0.3) is 0 Å². The molecule has 0 aromatic carbocycles. The average molecular weight is 216 g/mol. The summed E-state index contributed by atoms with van der Waals surface area (Å²) < 4.78 is 5.02. The first-order chi connectivity index (χ1) is 6.59. The minimum Gasteiger partial charge on any atom is -0.475 e.